The largest absolute Gasteiger partial charge is 0.390 e. The van der Waals surface area contributed by atoms with Gasteiger partial charge in [-0.1, -0.05) is 6.92 Å². The zero-order chi connectivity index (χ0) is 12.2. The summed E-state index contributed by atoms with van der Waals surface area (Å²) in [7, 11) is 0. The highest BCUT2D eigenvalue weighted by atomic mass is 32.1. The zero-order valence-electron chi connectivity index (χ0n) is 9.27. The molecule has 0 spiro atoms. The minimum Gasteiger partial charge on any atom is -0.313 e. The van der Waals surface area contributed by atoms with Gasteiger partial charge in [0.05, 0.1) is 11.4 Å². The Hall–Kier alpha value is -0.620. The highest BCUT2D eigenvalue weighted by Gasteiger charge is 2.31. The van der Waals surface area contributed by atoms with Crippen LogP contribution in [0.25, 0.3) is 0 Å². The molecular formula is C10H15F3N2S. The molecule has 0 saturated heterocycles. The second-order valence-corrected chi connectivity index (χ2v) is 4.60. The van der Waals surface area contributed by atoms with Gasteiger partial charge in [-0.3, -0.25) is 0 Å². The number of nitrogens with zero attached hydrogens (tertiary/aromatic N) is 1. The van der Waals surface area contributed by atoms with Gasteiger partial charge in [0.15, 0.2) is 0 Å². The van der Waals surface area contributed by atoms with E-state index >= 15 is 0 Å². The zero-order valence-corrected chi connectivity index (χ0v) is 10.1. The van der Waals surface area contributed by atoms with Crippen LogP contribution in [-0.2, 0) is 6.42 Å². The lowest BCUT2D eigenvalue weighted by molar-refractivity contribution is -0.139. The Kier molecular flexibility index (Phi) is 4.73. The molecule has 1 rings (SSSR count). The van der Waals surface area contributed by atoms with Gasteiger partial charge in [-0.05, 0) is 13.5 Å². The van der Waals surface area contributed by atoms with Crippen molar-refractivity contribution in [2.45, 2.75) is 38.9 Å². The van der Waals surface area contributed by atoms with Gasteiger partial charge < -0.3 is 5.32 Å². The Balaban J connectivity index is 2.57. The SMILES string of the molecule is CCNC(Cc1nc(C)cs1)CC(F)(F)F. The van der Waals surface area contributed by atoms with Gasteiger partial charge >= 0.3 is 6.18 Å². The summed E-state index contributed by atoms with van der Waals surface area (Å²) in [6.07, 6.45) is -4.59. The highest BCUT2D eigenvalue weighted by Crippen LogP contribution is 2.23. The van der Waals surface area contributed by atoms with E-state index in [1.807, 2.05) is 12.3 Å². The smallest absolute Gasteiger partial charge is 0.313 e. The van der Waals surface area contributed by atoms with Crippen LogP contribution in [-0.4, -0.2) is 23.7 Å². The van der Waals surface area contributed by atoms with Crippen molar-refractivity contribution in [2.24, 2.45) is 0 Å². The molecule has 6 heteroatoms. The van der Waals surface area contributed by atoms with Gasteiger partial charge in [0.25, 0.3) is 0 Å². The molecule has 0 amide bonds. The molecule has 0 fully saturated rings. The summed E-state index contributed by atoms with van der Waals surface area (Å²) < 4.78 is 36.8. The monoisotopic (exact) mass is 252 g/mol. The topological polar surface area (TPSA) is 24.9 Å². The van der Waals surface area contributed by atoms with Gasteiger partial charge in [-0.15, -0.1) is 11.3 Å². The molecule has 0 radical (unpaired) electrons. The van der Waals surface area contributed by atoms with Crippen LogP contribution in [0.2, 0.25) is 0 Å². The summed E-state index contributed by atoms with van der Waals surface area (Å²) in [6.45, 7) is 4.17. The Morgan fingerprint density at radius 2 is 2.19 bits per heavy atom. The molecule has 0 aliphatic rings. The fourth-order valence-electron chi connectivity index (χ4n) is 1.49. The van der Waals surface area contributed by atoms with Crippen LogP contribution < -0.4 is 5.32 Å². The van der Waals surface area contributed by atoms with Crippen molar-refractivity contribution in [2.75, 3.05) is 6.54 Å². The third-order valence-electron chi connectivity index (χ3n) is 2.06. The summed E-state index contributed by atoms with van der Waals surface area (Å²) >= 11 is 1.41. The number of aromatic nitrogens is 1. The fraction of sp³-hybridized carbons (Fsp3) is 0.700. The molecule has 0 aromatic carbocycles. The molecule has 0 aliphatic carbocycles. The molecule has 1 atom stereocenters. The first-order valence-corrected chi connectivity index (χ1v) is 6.00. The van der Waals surface area contributed by atoms with Crippen molar-refractivity contribution in [1.82, 2.24) is 10.3 Å². The van der Waals surface area contributed by atoms with Crippen molar-refractivity contribution in [3.05, 3.63) is 16.1 Å². The third-order valence-corrected chi connectivity index (χ3v) is 3.05. The van der Waals surface area contributed by atoms with Gasteiger partial charge in [-0.25, -0.2) is 4.98 Å². The van der Waals surface area contributed by atoms with Crippen LogP contribution in [0, 0.1) is 6.92 Å². The van der Waals surface area contributed by atoms with Crippen LogP contribution in [0.1, 0.15) is 24.0 Å². The maximum Gasteiger partial charge on any atom is 0.390 e. The molecule has 1 aromatic heterocycles. The summed E-state index contributed by atoms with van der Waals surface area (Å²) in [5.41, 5.74) is 0.863. The first kappa shape index (κ1) is 13.4. The van der Waals surface area contributed by atoms with E-state index in [2.05, 4.69) is 10.3 Å². The predicted octanol–water partition coefficient (Wildman–Crippen LogP) is 2.92. The summed E-state index contributed by atoms with van der Waals surface area (Å²) in [4.78, 5) is 4.17. The van der Waals surface area contributed by atoms with Crippen molar-refractivity contribution in [1.29, 1.82) is 0 Å². The average Bonchev–Trinajstić information content (AvgIpc) is 2.48. The van der Waals surface area contributed by atoms with Crippen LogP contribution in [0.5, 0.6) is 0 Å². The van der Waals surface area contributed by atoms with E-state index < -0.39 is 18.6 Å². The molecular weight excluding hydrogens is 237 g/mol. The predicted molar refractivity (Wildman–Crippen MR) is 58.7 cm³/mol. The Morgan fingerprint density at radius 1 is 1.50 bits per heavy atom. The molecule has 0 saturated carbocycles. The molecule has 0 aliphatic heterocycles. The summed E-state index contributed by atoms with van der Waals surface area (Å²) in [6, 6.07) is -0.574. The van der Waals surface area contributed by atoms with Gasteiger partial charge in [0.1, 0.15) is 0 Å². The highest BCUT2D eigenvalue weighted by molar-refractivity contribution is 7.09. The maximum absolute atomic E-state index is 12.3. The quantitative estimate of drug-likeness (QED) is 0.871. The van der Waals surface area contributed by atoms with Crippen molar-refractivity contribution in [3.63, 3.8) is 0 Å². The van der Waals surface area contributed by atoms with Crippen LogP contribution in [0.4, 0.5) is 13.2 Å². The normalized spacial score (nSPS) is 14.1. The van der Waals surface area contributed by atoms with Crippen LogP contribution in [0.3, 0.4) is 0 Å². The molecule has 1 unspecified atom stereocenters. The number of halogens is 3. The number of hydrogen-bond acceptors (Lipinski definition) is 3. The first-order valence-electron chi connectivity index (χ1n) is 5.12. The van der Waals surface area contributed by atoms with Crippen molar-refractivity contribution < 1.29 is 13.2 Å². The lowest BCUT2D eigenvalue weighted by Crippen LogP contribution is -2.35. The molecule has 1 heterocycles. The minimum atomic E-state index is -4.13. The van der Waals surface area contributed by atoms with E-state index in [0.717, 1.165) is 10.7 Å². The van der Waals surface area contributed by atoms with Gasteiger partial charge in [0.2, 0.25) is 0 Å². The average molecular weight is 252 g/mol. The minimum absolute atomic E-state index is 0.339. The number of hydrogen-bond donors (Lipinski definition) is 1. The second kappa shape index (κ2) is 5.63. The fourth-order valence-corrected chi connectivity index (χ4v) is 2.35. The van der Waals surface area contributed by atoms with Crippen molar-refractivity contribution >= 4 is 11.3 Å². The molecule has 1 aromatic rings. The number of thiazole rings is 1. The number of rotatable bonds is 5. The first-order chi connectivity index (χ1) is 7.40. The lowest BCUT2D eigenvalue weighted by Gasteiger charge is -2.18. The number of aryl methyl sites for hydroxylation is 1. The molecule has 1 N–H and O–H groups in total. The van der Waals surface area contributed by atoms with E-state index in [1.165, 1.54) is 11.3 Å². The Morgan fingerprint density at radius 3 is 2.62 bits per heavy atom. The van der Waals surface area contributed by atoms with E-state index in [9.17, 15) is 13.2 Å². The number of nitrogens with one attached hydrogen (secondary N) is 1. The van der Waals surface area contributed by atoms with E-state index in [-0.39, 0.29) is 0 Å². The van der Waals surface area contributed by atoms with E-state index in [0.29, 0.717) is 13.0 Å². The molecule has 16 heavy (non-hydrogen) atoms. The molecule has 92 valence electrons. The Labute approximate surface area is 96.9 Å². The van der Waals surface area contributed by atoms with Crippen LogP contribution in [0.15, 0.2) is 5.38 Å². The third kappa shape index (κ3) is 4.94. The van der Waals surface area contributed by atoms with Gasteiger partial charge in [0, 0.05) is 23.5 Å². The second-order valence-electron chi connectivity index (χ2n) is 3.66. The van der Waals surface area contributed by atoms with Gasteiger partial charge in [-0.2, -0.15) is 13.2 Å². The molecule has 0 bridgehead atoms. The van der Waals surface area contributed by atoms with E-state index in [4.69, 9.17) is 0 Å². The maximum atomic E-state index is 12.3. The number of likely N-dealkylation sites (N-methyl/N-ethyl adjacent to an activating group) is 1. The van der Waals surface area contributed by atoms with E-state index in [1.54, 1.807) is 6.92 Å². The molecule has 2 nitrogen and oxygen atoms in total. The summed E-state index contributed by atoms with van der Waals surface area (Å²) in [5, 5.41) is 5.45. The number of alkyl halides is 3. The Bertz CT molecular complexity index is 322. The van der Waals surface area contributed by atoms with Crippen LogP contribution >= 0.6 is 11.3 Å². The standard InChI is InChI=1S/C10H15F3N2S/c1-3-14-8(5-10(11,12)13)4-9-15-7(2)6-16-9/h6,8,14H,3-5H2,1-2H3. The van der Waals surface area contributed by atoms with Crippen molar-refractivity contribution in [3.8, 4) is 0 Å². The summed E-state index contributed by atoms with van der Waals surface area (Å²) in [5.74, 6) is 0. The lowest BCUT2D eigenvalue weighted by atomic mass is 10.1.